The number of hydrogen-bond acceptors (Lipinski definition) is 3. The van der Waals surface area contributed by atoms with E-state index in [4.69, 9.17) is 4.98 Å². The molecule has 1 aliphatic rings. The second-order valence-corrected chi connectivity index (χ2v) is 10.9. The van der Waals surface area contributed by atoms with Gasteiger partial charge in [0.25, 0.3) is 0 Å². The molecule has 0 saturated heterocycles. The Morgan fingerprint density at radius 1 is 1.17 bits per heavy atom. The van der Waals surface area contributed by atoms with Crippen molar-refractivity contribution in [1.82, 2.24) is 24.4 Å². The average Bonchev–Trinajstić information content (AvgIpc) is 3.45. The maximum absolute atomic E-state index is 12.0. The molecule has 0 aromatic carbocycles. The SMILES string of the molecule is CCn1cc(-c2[nH]c3ccc(C4CCC(CCC(=O)N(C)C)CC4)nc3c2C(C)C)c2cccnc21. The molecule has 1 N–H and O–H groups in total. The summed E-state index contributed by atoms with van der Waals surface area (Å²) in [6, 6.07) is 8.64. The van der Waals surface area contributed by atoms with Gasteiger partial charge in [0.1, 0.15) is 5.65 Å². The molecule has 36 heavy (non-hydrogen) atoms. The Labute approximate surface area is 214 Å². The molecule has 6 heteroatoms. The summed E-state index contributed by atoms with van der Waals surface area (Å²) in [6.07, 6.45) is 10.5. The van der Waals surface area contributed by atoms with E-state index in [0.717, 1.165) is 42.5 Å². The molecule has 1 fully saturated rings. The second-order valence-electron chi connectivity index (χ2n) is 10.9. The van der Waals surface area contributed by atoms with Gasteiger partial charge in [-0.1, -0.05) is 13.8 Å². The fraction of sp³-hybridized carbons (Fsp3) is 0.500. The molecule has 1 saturated carbocycles. The number of hydrogen-bond donors (Lipinski definition) is 1. The molecule has 0 radical (unpaired) electrons. The van der Waals surface area contributed by atoms with Gasteiger partial charge in [-0.05, 0) is 75.1 Å². The Balaban J connectivity index is 1.43. The van der Waals surface area contributed by atoms with Gasteiger partial charge in [-0.2, -0.15) is 0 Å². The number of pyridine rings is 2. The fourth-order valence-electron chi connectivity index (χ4n) is 5.96. The average molecular weight is 486 g/mol. The number of nitrogens with zero attached hydrogens (tertiary/aromatic N) is 4. The summed E-state index contributed by atoms with van der Waals surface area (Å²) in [5.74, 6) is 1.74. The van der Waals surface area contributed by atoms with E-state index < -0.39 is 0 Å². The van der Waals surface area contributed by atoms with E-state index >= 15 is 0 Å². The number of aryl methyl sites for hydroxylation is 1. The number of aromatic amines is 1. The minimum Gasteiger partial charge on any atom is -0.353 e. The highest BCUT2D eigenvalue weighted by Crippen LogP contribution is 2.41. The van der Waals surface area contributed by atoms with E-state index in [1.54, 1.807) is 4.90 Å². The van der Waals surface area contributed by atoms with Crippen LogP contribution in [0.2, 0.25) is 0 Å². The first kappa shape index (κ1) is 24.5. The highest BCUT2D eigenvalue weighted by atomic mass is 16.2. The lowest BCUT2D eigenvalue weighted by atomic mass is 9.78. The number of nitrogens with one attached hydrogen (secondary N) is 1. The normalized spacial score (nSPS) is 18.4. The molecule has 190 valence electrons. The van der Waals surface area contributed by atoms with Crippen molar-refractivity contribution < 1.29 is 4.79 Å². The third-order valence-corrected chi connectivity index (χ3v) is 8.05. The zero-order valence-electron chi connectivity index (χ0n) is 22.3. The van der Waals surface area contributed by atoms with Crippen LogP contribution in [0, 0.1) is 5.92 Å². The van der Waals surface area contributed by atoms with Crippen molar-refractivity contribution in [3.8, 4) is 11.3 Å². The van der Waals surface area contributed by atoms with Crippen LogP contribution in [0.25, 0.3) is 33.3 Å². The van der Waals surface area contributed by atoms with Crippen molar-refractivity contribution >= 4 is 28.0 Å². The molecule has 4 aromatic rings. The molecular weight excluding hydrogens is 446 g/mol. The highest BCUT2D eigenvalue weighted by Gasteiger charge is 2.26. The lowest BCUT2D eigenvalue weighted by Crippen LogP contribution is -2.23. The number of carbonyl (C=O) groups is 1. The summed E-state index contributed by atoms with van der Waals surface area (Å²) in [5.41, 5.74) is 8.13. The van der Waals surface area contributed by atoms with Crippen LogP contribution in [0.5, 0.6) is 0 Å². The number of aromatic nitrogens is 4. The van der Waals surface area contributed by atoms with Gasteiger partial charge >= 0.3 is 0 Å². The lowest BCUT2D eigenvalue weighted by Gasteiger charge is -2.28. The fourth-order valence-corrected chi connectivity index (χ4v) is 5.96. The van der Waals surface area contributed by atoms with Crippen LogP contribution >= 0.6 is 0 Å². The largest absolute Gasteiger partial charge is 0.353 e. The monoisotopic (exact) mass is 485 g/mol. The summed E-state index contributed by atoms with van der Waals surface area (Å²) in [4.78, 5) is 27.4. The van der Waals surface area contributed by atoms with Crippen molar-refractivity contribution in [3.63, 3.8) is 0 Å². The predicted molar refractivity (Wildman–Crippen MR) is 147 cm³/mol. The van der Waals surface area contributed by atoms with Gasteiger partial charge in [0.2, 0.25) is 5.91 Å². The Morgan fingerprint density at radius 3 is 2.64 bits per heavy atom. The topological polar surface area (TPSA) is 66.8 Å². The van der Waals surface area contributed by atoms with E-state index in [1.807, 2.05) is 26.4 Å². The molecule has 1 amide bonds. The van der Waals surface area contributed by atoms with Crippen molar-refractivity contribution in [2.24, 2.45) is 5.92 Å². The maximum atomic E-state index is 12.0. The minimum atomic E-state index is 0.242. The summed E-state index contributed by atoms with van der Waals surface area (Å²) in [7, 11) is 3.69. The van der Waals surface area contributed by atoms with Crippen LogP contribution in [0.3, 0.4) is 0 Å². The number of H-pyrrole nitrogens is 1. The second kappa shape index (κ2) is 10.1. The highest BCUT2D eigenvalue weighted by molar-refractivity contribution is 5.98. The van der Waals surface area contributed by atoms with Crippen LogP contribution in [-0.4, -0.2) is 44.4 Å². The lowest BCUT2D eigenvalue weighted by molar-refractivity contribution is -0.129. The Kier molecular flexibility index (Phi) is 6.87. The van der Waals surface area contributed by atoms with E-state index in [1.165, 1.54) is 40.7 Å². The predicted octanol–water partition coefficient (Wildman–Crippen LogP) is 6.87. The first-order chi connectivity index (χ1) is 17.4. The maximum Gasteiger partial charge on any atom is 0.222 e. The van der Waals surface area contributed by atoms with E-state index in [-0.39, 0.29) is 5.91 Å². The molecule has 0 unspecified atom stereocenters. The quantitative estimate of drug-likeness (QED) is 0.311. The molecule has 5 rings (SSSR count). The molecule has 4 aromatic heterocycles. The number of rotatable bonds is 7. The van der Waals surface area contributed by atoms with Crippen molar-refractivity contribution in [2.75, 3.05) is 14.1 Å². The number of fused-ring (bicyclic) bond motifs is 2. The van der Waals surface area contributed by atoms with Crippen molar-refractivity contribution in [1.29, 1.82) is 0 Å². The van der Waals surface area contributed by atoms with Gasteiger partial charge in [0.15, 0.2) is 0 Å². The Hall–Kier alpha value is -3.15. The van der Waals surface area contributed by atoms with Crippen LogP contribution in [0.15, 0.2) is 36.7 Å². The molecular formula is C30H39N5O. The summed E-state index contributed by atoms with van der Waals surface area (Å²) >= 11 is 0. The van der Waals surface area contributed by atoms with Gasteiger partial charge in [0, 0.05) is 67.6 Å². The van der Waals surface area contributed by atoms with Crippen molar-refractivity contribution in [3.05, 3.63) is 47.9 Å². The van der Waals surface area contributed by atoms with Crippen LogP contribution in [0.1, 0.15) is 82.4 Å². The summed E-state index contributed by atoms with van der Waals surface area (Å²) in [6.45, 7) is 7.57. The first-order valence-electron chi connectivity index (χ1n) is 13.5. The number of amides is 1. The zero-order valence-corrected chi connectivity index (χ0v) is 22.3. The van der Waals surface area contributed by atoms with Gasteiger partial charge in [-0.3, -0.25) is 9.78 Å². The minimum absolute atomic E-state index is 0.242. The van der Waals surface area contributed by atoms with Crippen LogP contribution in [0.4, 0.5) is 0 Å². The summed E-state index contributed by atoms with van der Waals surface area (Å²) < 4.78 is 2.23. The number of carbonyl (C=O) groups excluding carboxylic acids is 1. The smallest absolute Gasteiger partial charge is 0.222 e. The summed E-state index contributed by atoms with van der Waals surface area (Å²) in [5, 5.41) is 1.18. The van der Waals surface area contributed by atoms with E-state index in [2.05, 4.69) is 59.7 Å². The first-order valence-corrected chi connectivity index (χ1v) is 13.5. The molecule has 0 bridgehead atoms. The van der Waals surface area contributed by atoms with Crippen molar-refractivity contribution in [2.45, 2.75) is 77.7 Å². The molecule has 0 atom stereocenters. The Morgan fingerprint density at radius 2 is 1.94 bits per heavy atom. The van der Waals surface area contributed by atoms with Gasteiger partial charge in [0.05, 0.1) is 16.7 Å². The molecule has 4 heterocycles. The van der Waals surface area contributed by atoms with E-state index in [9.17, 15) is 4.79 Å². The van der Waals surface area contributed by atoms with Gasteiger partial charge in [-0.25, -0.2) is 4.98 Å². The van der Waals surface area contributed by atoms with Gasteiger partial charge in [-0.15, -0.1) is 0 Å². The van der Waals surface area contributed by atoms with Crippen LogP contribution in [-0.2, 0) is 11.3 Å². The molecule has 0 spiro atoms. The molecule has 6 nitrogen and oxygen atoms in total. The van der Waals surface area contributed by atoms with Crippen LogP contribution < -0.4 is 0 Å². The third-order valence-electron chi connectivity index (χ3n) is 8.05. The Bertz CT molecular complexity index is 1370. The van der Waals surface area contributed by atoms with E-state index in [0.29, 0.717) is 24.2 Å². The zero-order chi connectivity index (χ0) is 25.4. The standard InChI is InChI=1S/C30H39N5O/c1-6-35-18-23(22-8-7-17-31-30(22)35)28-27(19(2)3)29-25(33-28)15-14-24(32-29)21-12-9-20(10-13-21)11-16-26(36)34(4)5/h7-8,14-15,17-21,33H,6,9-13,16H2,1-5H3. The molecule has 0 aliphatic heterocycles. The third kappa shape index (κ3) is 4.54. The van der Waals surface area contributed by atoms with Gasteiger partial charge < -0.3 is 14.5 Å². The molecule has 1 aliphatic carbocycles.